The Labute approximate surface area is 100 Å². The molecule has 16 heavy (non-hydrogen) atoms. The van der Waals surface area contributed by atoms with Crippen LogP contribution in [0.1, 0.15) is 23.7 Å². The molecule has 1 aromatic rings. The maximum atomic E-state index is 11.8. The lowest BCUT2D eigenvalue weighted by molar-refractivity contribution is 0.0941. The number of nitrogens with two attached hydrogens (primary N) is 1. The van der Waals surface area contributed by atoms with Crippen LogP contribution in [0, 0.1) is 0 Å². The number of nitrogens with one attached hydrogen (secondary N) is 1. The van der Waals surface area contributed by atoms with E-state index in [2.05, 4.69) is 11.9 Å². The summed E-state index contributed by atoms with van der Waals surface area (Å²) in [5, 5.41) is 3.35. The van der Waals surface area contributed by atoms with Crippen LogP contribution in [0.5, 0.6) is 0 Å². The molecule has 0 spiro atoms. The number of hydrogen-bond donors (Lipinski definition) is 2. The number of halogens is 1. The van der Waals surface area contributed by atoms with E-state index in [-0.39, 0.29) is 11.9 Å². The van der Waals surface area contributed by atoms with Gasteiger partial charge in [-0.1, -0.05) is 17.7 Å². The lowest BCUT2D eigenvalue weighted by Crippen LogP contribution is -2.32. The van der Waals surface area contributed by atoms with Gasteiger partial charge in [-0.25, -0.2) is 0 Å². The summed E-state index contributed by atoms with van der Waals surface area (Å²) in [5.74, 6) is -0.191. The third kappa shape index (κ3) is 3.28. The lowest BCUT2D eigenvalue weighted by Gasteiger charge is -2.12. The third-order valence-corrected chi connectivity index (χ3v) is 2.39. The number of hydrogen-bond acceptors (Lipinski definition) is 2. The predicted octanol–water partition coefficient (Wildman–Crippen LogP) is 2.62. The zero-order valence-electron chi connectivity index (χ0n) is 9.16. The van der Waals surface area contributed by atoms with Crippen molar-refractivity contribution in [2.24, 2.45) is 0 Å². The van der Waals surface area contributed by atoms with Gasteiger partial charge in [0.1, 0.15) is 0 Å². The molecule has 0 radical (unpaired) electrons. The van der Waals surface area contributed by atoms with Crippen LogP contribution in [0.2, 0.25) is 5.02 Å². The lowest BCUT2D eigenvalue weighted by atomic mass is 10.1. The second kappa shape index (κ2) is 5.56. The Balaban J connectivity index is 2.76. The number of carbonyl (C=O) groups excluding carboxylic acids is 1. The molecular formula is C12H15ClN2O. The molecule has 1 aromatic carbocycles. The minimum Gasteiger partial charge on any atom is -0.398 e. The van der Waals surface area contributed by atoms with Crippen LogP contribution in [0.25, 0.3) is 0 Å². The molecule has 86 valence electrons. The minimum absolute atomic E-state index is 0.0417. The first-order valence-corrected chi connectivity index (χ1v) is 5.39. The van der Waals surface area contributed by atoms with Crippen LogP contribution in [0.4, 0.5) is 5.69 Å². The van der Waals surface area contributed by atoms with Crippen LogP contribution in [-0.4, -0.2) is 11.9 Å². The van der Waals surface area contributed by atoms with Crippen LogP contribution >= 0.6 is 11.6 Å². The fourth-order valence-electron chi connectivity index (χ4n) is 1.35. The topological polar surface area (TPSA) is 55.1 Å². The van der Waals surface area contributed by atoms with Crippen LogP contribution in [0.3, 0.4) is 0 Å². The van der Waals surface area contributed by atoms with Crippen molar-refractivity contribution in [3.63, 3.8) is 0 Å². The van der Waals surface area contributed by atoms with Crippen molar-refractivity contribution in [3.8, 4) is 0 Å². The van der Waals surface area contributed by atoms with E-state index >= 15 is 0 Å². The Morgan fingerprint density at radius 2 is 2.38 bits per heavy atom. The van der Waals surface area contributed by atoms with Gasteiger partial charge in [0.25, 0.3) is 5.91 Å². The highest BCUT2D eigenvalue weighted by atomic mass is 35.5. The van der Waals surface area contributed by atoms with Crippen molar-refractivity contribution in [1.82, 2.24) is 5.32 Å². The van der Waals surface area contributed by atoms with E-state index in [1.54, 1.807) is 24.3 Å². The molecular weight excluding hydrogens is 224 g/mol. The highest BCUT2D eigenvalue weighted by Crippen LogP contribution is 2.18. The smallest absolute Gasteiger partial charge is 0.253 e. The number of amides is 1. The summed E-state index contributed by atoms with van der Waals surface area (Å²) >= 11 is 5.75. The van der Waals surface area contributed by atoms with E-state index in [0.717, 1.165) is 6.42 Å². The van der Waals surface area contributed by atoms with Crippen LogP contribution in [-0.2, 0) is 0 Å². The van der Waals surface area contributed by atoms with Crippen LogP contribution in [0.15, 0.2) is 30.9 Å². The van der Waals surface area contributed by atoms with Gasteiger partial charge >= 0.3 is 0 Å². The average Bonchev–Trinajstić information content (AvgIpc) is 2.17. The average molecular weight is 239 g/mol. The molecule has 0 bridgehead atoms. The number of rotatable bonds is 4. The first kappa shape index (κ1) is 12.6. The fourth-order valence-corrected chi connectivity index (χ4v) is 1.53. The molecule has 0 aliphatic rings. The zero-order chi connectivity index (χ0) is 12.1. The standard InChI is InChI=1S/C12H15ClN2O/c1-3-4-8(2)15-12(16)10-6-5-9(13)7-11(10)14/h3,5-8H,1,4,14H2,2H3,(H,15,16). The van der Waals surface area contributed by atoms with E-state index in [4.69, 9.17) is 17.3 Å². The number of benzene rings is 1. The Hall–Kier alpha value is -1.48. The molecule has 1 rings (SSSR count). The molecule has 4 heteroatoms. The van der Waals surface area contributed by atoms with Crippen LogP contribution < -0.4 is 11.1 Å². The molecule has 1 unspecified atom stereocenters. The van der Waals surface area contributed by atoms with E-state index in [1.807, 2.05) is 6.92 Å². The predicted molar refractivity (Wildman–Crippen MR) is 67.6 cm³/mol. The number of nitrogen functional groups attached to an aromatic ring is 1. The Bertz CT molecular complexity index is 404. The highest BCUT2D eigenvalue weighted by Gasteiger charge is 2.11. The van der Waals surface area contributed by atoms with Gasteiger partial charge in [-0.2, -0.15) is 0 Å². The summed E-state index contributed by atoms with van der Waals surface area (Å²) in [5.41, 5.74) is 6.54. The zero-order valence-corrected chi connectivity index (χ0v) is 9.92. The van der Waals surface area contributed by atoms with E-state index in [0.29, 0.717) is 16.3 Å². The summed E-state index contributed by atoms with van der Waals surface area (Å²) in [6.07, 6.45) is 2.48. The second-order valence-electron chi connectivity index (χ2n) is 3.63. The fraction of sp³-hybridized carbons (Fsp3) is 0.250. The van der Waals surface area contributed by atoms with Crippen molar-refractivity contribution in [2.45, 2.75) is 19.4 Å². The van der Waals surface area contributed by atoms with Gasteiger partial charge in [-0.3, -0.25) is 4.79 Å². The summed E-state index contributed by atoms with van der Waals surface area (Å²) in [4.78, 5) is 11.8. The Morgan fingerprint density at radius 1 is 1.69 bits per heavy atom. The molecule has 0 fully saturated rings. The van der Waals surface area contributed by atoms with Gasteiger partial charge in [0.05, 0.1) is 5.56 Å². The molecule has 0 saturated carbocycles. The summed E-state index contributed by atoms with van der Waals surface area (Å²) in [6, 6.07) is 4.87. The van der Waals surface area contributed by atoms with Crippen molar-refractivity contribution >= 4 is 23.2 Å². The number of anilines is 1. The first-order chi connectivity index (χ1) is 7.54. The van der Waals surface area contributed by atoms with Crippen molar-refractivity contribution in [1.29, 1.82) is 0 Å². The SMILES string of the molecule is C=CCC(C)NC(=O)c1ccc(Cl)cc1N. The monoisotopic (exact) mass is 238 g/mol. The van der Waals surface area contributed by atoms with Gasteiger partial charge in [0.2, 0.25) is 0 Å². The maximum absolute atomic E-state index is 11.8. The summed E-state index contributed by atoms with van der Waals surface area (Å²) < 4.78 is 0. The third-order valence-electron chi connectivity index (χ3n) is 2.16. The quantitative estimate of drug-likeness (QED) is 0.626. The van der Waals surface area contributed by atoms with Crippen molar-refractivity contribution < 1.29 is 4.79 Å². The molecule has 1 atom stereocenters. The van der Waals surface area contributed by atoms with E-state index < -0.39 is 0 Å². The molecule has 0 aliphatic carbocycles. The first-order valence-electron chi connectivity index (χ1n) is 5.01. The minimum atomic E-state index is -0.191. The van der Waals surface area contributed by atoms with Gasteiger partial charge in [-0.05, 0) is 31.5 Å². The van der Waals surface area contributed by atoms with Gasteiger partial charge in [0, 0.05) is 16.8 Å². The second-order valence-corrected chi connectivity index (χ2v) is 4.07. The van der Waals surface area contributed by atoms with Crippen molar-refractivity contribution in [3.05, 3.63) is 41.4 Å². The largest absolute Gasteiger partial charge is 0.398 e. The van der Waals surface area contributed by atoms with Gasteiger partial charge < -0.3 is 11.1 Å². The molecule has 0 aromatic heterocycles. The number of carbonyl (C=O) groups is 1. The van der Waals surface area contributed by atoms with E-state index in [1.165, 1.54) is 0 Å². The molecule has 0 aliphatic heterocycles. The summed E-state index contributed by atoms with van der Waals surface area (Å²) in [6.45, 7) is 5.52. The van der Waals surface area contributed by atoms with Gasteiger partial charge in [-0.15, -0.1) is 6.58 Å². The highest BCUT2D eigenvalue weighted by molar-refractivity contribution is 6.31. The summed E-state index contributed by atoms with van der Waals surface area (Å²) in [7, 11) is 0. The van der Waals surface area contributed by atoms with Crippen molar-refractivity contribution in [2.75, 3.05) is 5.73 Å². The Kier molecular flexibility index (Phi) is 4.38. The molecule has 0 heterocycles. The molecule has 0 saturated heterocycles. The molecule has 1 amide bonds. The van der Waals surface area contributed by atoms with Gasteiger partial charge in [0.15, 0.2) is 0 Å². The van der Waals surface area contributed by atoms with E-state index in [9.17, 15) is 4.79 Å². The maximum Gasteiger partial charge on any atom is 0.253 e. The Morgan fingerprint density at radius 3 is 2.94 bits per heavy atom. The molecule has 3 N–H and O–H groups in total. The molecule has 3 nitrogen and oxygen atoms in total. The normalized spacial score (nSPS) is 11.9.